The SMILES string of the molecule is O=C(N[C@]1(C(F)(F)F)N=C(c2ccccc2)N(Cc2ccco2)C1=O)c1ccccc1. The van der Waals surface area contributed by atoms with Gasteiger partial charge < -0.3 is 9.73 Å². The highest BCUT2D eigenvalue weighted by Gasteiger charge is 2.67. The first-order valence-corrected chi connectivity index (χ1v) is 9.26. The number of alkyl halides is 3. The Labute approximate surface area is 175 Å². The molecule has 3 aromatic rings. The number of carbonyl (C=O) groups is 2. The van der Waals surface area contributed by atoms with Crippen LogP contribution in [0.1, 0.15) is 21.7 Å². The summed E-state index contributed by atoms with van der Waals surface area (Å²) in [6.07, 6.45) is -3.84. The van der Waals surface area contributed by atoms with E-state index in [0.717, 1.165) is 4.90 Å². The predicted octanol–water partition coefficient (Wildman–Crippen LogP) is 3.76. The quantitative estimate of drug-likeness (QED) is 0.674. The molecule has 31 heavy (non-hydrogen) atoms. The largest absolute Gasteiger partial charge is 0.467 e. The molecular weight excluding hydrogens is 411 g/mol. The first-order chi connectivity index (χ1) is 14.8. The van der Waals surface area contributed by atoms with Gasteiger partial charge in [0.15, 0.2) is 0 Å². The molecule has 0 fully saturated rings. The van der Waals surface area contributed by atoms with Crippen LogP contribution in [0.4, 0.5) is 13.2 Å². The third kappa shape index (κ3) is 3.70. The average molecular weight is 427 g/mol. The molecule has 0 saturated carbocycles. The molecule has 6 nitrogen and oxygen atoms in total. The minimum atomic E-state index is -5.19. The number of aliphatic imine (C=N–C) groups is 1. The molecule has 2 heterocycles. The topological polar surface area (TPSA) is 74.9 Å². The molecule has 1 atom stereocenters. The molecule has 0 bridgehead atoms. The predicted molar refractivity (Wildman–Crippen MR) is 105 cm³/mol. The Morgan fingerprint density at radius 2 is 1.65 bits per heavy atom. The molecule has 1 aliphatic rings. The van der Waals surface area contributed by atoms with Gasteiger partial charge in [0.2, 0.25) is 0 Å². The Morgan fingerprint density at radius 3 is 2.23 bits per heavy atom. The summed E-state index contributed by atoms with van der Waals surface area (Å²) in [4.78, 5) is 30.4. The van der Waals surface area contributed by atoms with Crippen LogP contribution in [0, 0.1) is 0 Å². The van der Waals surface area contributed by atoms with Crippen LogP contribution in [0.25, 0.3) is 0 Å². The fourth-order valence-electron chi connectivity index (χ4n) is 3.23. The van der Waals surface area contributed by atoms with E-state index in [1.165, 1.54) is 48.7 Å². The smallest absolute Gasteiger partial charge is 0.442 e. The zero-order valence-electron chi connectivity index (χ0n) is 16.0. The zero-order chi connectivity index (χ0) is 22.1. The van der Waals surface area contributed by atoms with E-state index in [1.807, 2.05) is 5.32 Å². The maximum absolute atomic E-state index is 14.3. The normalized spacial score (nSPS) is 18.7. The molecular formula is C22H16F3N3O3. The molecule has 1 aromatic heterocycles. The van der Waals surface area contributed by atoms with Gasteiger partial charge in [-0.25, -0.2) is 4.99 Å². The standard InChI is InChI=1S/C22H16F3N3O3/c23-22(24,25)21(27-19(29)16-10-5-2-6-11-16)20(30)28(14-17-12-7-13-31-17)18(26-21)15-8-3-1-4-9-15/h1-13H,14H2,(H,27,29)/t21-/m1/s1. The minimum absolute atomic E-state index is 0.0279. The Morgan fingerprint density at radius 1 is 1.00 bits per heavy atom. The molecule has 0 unspecified atom stereocenters. The number of furan rings is 1. The first kappa shape index (κ1) is 20.4. The van der Waals surface area contributed by atoms with E-state index in [0.29, 0.717) is 5.56 Å². The van der Waals surface area contributed by atoms with Gasteiger partial charge in [-0.3, -0.25) is 14.5 Å². The molecule has 2 aromatic carbocycles. The third-order valence-electron chi connectivity index (χ3n) is 4.75. The van der Waals surface area contributed by atoms with Crippen LogP contribution in [-0.2, 0) is 11.3 Å². The lowest BCUT2D eigenvalue weighted by atomic mass is 10.1. The Balaban J connectivity index is 1.81. The van der Waals surface area contributed by atoms with Gasteiger partial charge in [-0.2, -0.15) is 13.2 Å². The van der Waals surface area contributed by atoms with E-state index in [-0.39, 0.29) is 23.7 Å². The number of halogens is 3. The maximum Gasteiger partial charge on any atom is 0.442 e. The van der Waals surface area contributed by atoms with E-state index < -0.39 is 23.7 Å². The van der Waals surface area contributed by atoms with Gasteiger partial charge in [0.1, 0.15) is 11.6 Å². The summed E-state index contributed by atoms with van der Waals surface area (Å²) in [6, 6.07) is 18.4. The van der Waals surface area contributed by atoms with Crippen LogP contribution in [0.2, 0.25) is 0 Å². The Bertz CT molecular complexity index is 1110. The molecule has 0 aliphatic carbocycles. The minimum Gasteiger partial charge on any atom is -0.467 e. The van der Waals surface area contributed by atoms with Crippen LogP contribution in [-0.4, -0.2) is 34.4 Å². The number of carbonyl (C=O) groups excluding carboxylic acids is 2. The number of rotatable bonds is 5. The van der Waals surface area contributed by atoms with Crippen molar-refractivity contribution in [3.63, 3.8) is 0 Å². The maximum atomic E-state index is 14.3. The molecule has 0 spiro atoms. The number of amides is 2. The van der Waals surface area contributed by atoms with E-state index in [9.17, 15) is 22.8 Å². The average Bonchev–Trinajstić information content (AvgIpc) is 3.37. The number of hydrogen-bond acceptors (Lipinski definition) is 4. The first-order valence-electron chi connectivity index (χ1n) is 9.26. The number of nitrogens with one attached hydrogen (secondary N) is 1. The lowest BCUT2D eigenvalue weighted by molar-refractivity contribution is -0.196. The second-order valence-electron chi connectivity index (χ2n) is 6.80. The monoisotopic (exact) mass is 427 g/mol. The van der Waals surface area contributed by atoms with Gasteiger partial charge in [-0.15, -0.1) is 0 Å². The summed E-state index contributed by atoms with van der Waals surface area (Å²) >= 11 is 0. The summed E-state index contributed by atoms with van der Waals surface area (Å²) in [5.41, 5.74) is -3.19. The van der Waals surface area contributed by atoms with Crippen LogP contribution >= 0.6 is 0 Å². The Hall–Kier alpha value is -3.88. The lowest BCUT2D eigenvalue weighted by Gasteiger charge is -2.29. The van der Waals surface area contributed by atoms with Crippen molar-refractivity contribution in [2.45, 2.75) is 18.4 Å². The van der Waals surface area contributed by atoms with Crippen molar-refractivity contribution in [3.05, 3.63) is 95.9 Å². The van der Waals surface area contributed by atoms with Crippen LogP contribution in [0.5, 0.6) is 0 Å². The Kier molecular flexibility index (Phi) is 5.10. The van der Waals surface area contributed by atoms with Gasteiger partial charge >= 0.3 is 11.8 Å². The van der Waals surface area contributed by atoms with Gasteiger partial charge in [0.05, 0.1) is 12.8 Å². The van der Waals surface area contributed by atoms with Crippen molar-refractivity contribution in [1.82, 2.24) is 10.2 Å². The molecule has 158 valence electrons. The zero-order valence-corrected chi connectivity index (χ0v) is 16.0. The lowest BCUT2D eigenvalue weighted by Crippen LogP contribution is -2.63. The fourth-order valence-corrected chi connectivity index (χ4v) is 3.23. The van der Waals surface area contributed by atoms with Gasteiger partial charge in [0, 0.05) is 11.1 Å². The molecule has 1 aliphatic heterocycles. The summed E-state index contributed by atoms with van der Waals surface area (Å²) in [7, 11) is 0. The second-order valence-corrected chi connectivity index (χ2v) is 6.80. The summed E-state index contributed by atoms with van der Waals surface area (Å²) in [5.74, 6) is -2.43. The van der Waals surface area contributed by atoms with Crippen molar-refractivity contribution in [2.24, 2.45) is 4.99 Å². The van der Waals surface area contributed by atoms with Crippen molar-refractivity contribution in [3.8, 4) is 0 Å². The number of hydrogen-bond donors (Lipinski definition) is 1. The van der Waals surface area contributed by atoms with Gasteiger partial charge in [-0.1, -0.05) is 48.5 Å². The van der Waals surface area contributed by atoms with Crippen LogP contribution in [0.3, 0.4) is 0 Å². The highest BCUT2D eigenvalue weighted by atomic mass is 19.4. The van der Waals surface area contributed by atoms with E-state index in [1.54, 1.807) is 30.3 Å². The molecule has 4 rings (SSSR count). The highest BCUT2D eigenvalue weighted by Crippen LogP contribution is 2.39. The van der Waals surface area contributed by atoms with Crippen molar-refractivity contribution < 1.29 is 27.2 Å². The molecule has 1 N–H and O–H groups in total. The summed E-state index contributed by atoms with van der Waals surface area (Å²) < 4.78 is 48.1. The van der Waals surface area contributed by atoms with Gasteiger partial charge in [-0.05, 0) is 24.3 Å². The van der Waals surface area contributed by atoms with E-state index in [4.69, 9.17) is 4.42 Å². The molecule has 0 saturated heterocycles. The molecule has 2 amide bonds. The van der Waals surface area contributed by atoms with Crippen molar-refractivity contribution in [1.29, 1.82) is 0 Å². The summed E-state index contributed by atoms with van der Waals surface area (Å²) in [5, 5.41) is 1.83. The fraction of sp³-hybridized carbons (Fsp3) is 0.136. The number of benzene rings is 2. The third-order valence-corrected chi connectivity index (χ3v) is 4.75. The molecule has 9 heteroatoms. The second kappa shape index (κ2) is 7.75. The highest BCUT2D eigenvalue weighted by molar-refractivity contribution is 6.16. The van der Waals surface area contributed by atoms with Crippen molar-refractivity contribution in [2.75, 3.05) is 0 Å². The van der Waals surface area contributed by atoms with Gasteiger partial charge in [0.25, 0.3) is 11.8 Å². The number of nitrogens with zero attached hydrogens (tertiary/aromatic N) is 2. The van der Waals surface area contributed by atoms with Crippen LogP contribution in [0.15, 0.2) is 88.5 Å². The van der Waals surface area contributed by atoms with Crippen molar-refractivity contribution >= 4 is 17.6 Å². The number of amidine groups is 1. The molecule has 0 radical (unpaired) electrons. The van der Waals surface area contributed by atoms with E-state index in [2.05, 4.69) is 4.99 Å². The van der Waals surface area contributed by atoms with Crippen LogP contribution < -0.4 is 5.32 Å². The summed E-state index contributed by atoms with van der Waals surface area (Å²) in [6.45, 7) is -0.279. The van der Waals surface area contributed by atoms with E-state index >= 15 is 0 Å².